The van der Waals surface area contributed by atoms with Crippen LogP contribution in [-0.4, -0.2) is 45.7 Å². The van der Waals surface area contributed by atoms with Crippen molar-refractivity contribution in [2.75, 3.05) is 39.2 Å². The summed E-state index contributed by atoms with van der Waals surface area (Å²) in [6.45, 7) is 3.26. The minimum Gasteiger partial charge on any atom is -0.493 e. The summed E-state index contributed by atoms with van der Waals surface area (Å²) >= 11 is 0. The quantitative estimate of drug-likeness (QED) is 0.184. The normalized spacial score (nSPS) is 10.6. The van der Waals surface area contributed by atoms with Crippen LogP contribution in [0.25, 0.3) is 0 Å². The number of hydrogen-bond donors (Lipinski definition) is 3. The van der Waals surface area contributed by atoms with Crippen LogP contribution in [-0.2, 0) is 11.2 Å². The Hall–Kier alpha value is -2.56. The number of amides is 1. The molecular formula is C22H30FIN4O3. The summed E-state index contributed by atoms with van der Waals surface area (Å²) in [5.41, 5.74) is 1.69. The van der Waals surface area contributed by atoms with Crippen molar-refractivity contribution in [1.82, 2.24) is 10.6 Å². The van der Waals surface area contributed by atoms with Gasteiger partial charge in [-0.3, -0.25) is 9.79 Å². The fraction of sp³-hybridized carbons (Fsp3) is 0.364. The Morgan fingerprint density at radius 3 is 2.48 bits per heavy atom. The predicted octanol–water partition coefficient (Wildman–Crippen LogP) is 3.59. The Bertz CT molecular complexity index is 847. The van der Waals surface area contributed by atoms with Crippen LogP contribution in [0.2, 0.25) is 0 Å². The highest BCUT2D eigenvalue weighted by Gasteiger charge is 2.07. The third kappa shape index (κ3) is 9.41. The second-order valence-electron chi connectivity index (χ2n) is 6.43. The highest BCUT2D eigenvalue weighted by atomic mass is 127. The summed E-state index contributed by atoms with van der Waals surface area (Å²) in [6, 6.07) is 11.5. The van der Waals surface area contributed by atoms with Crippen LogP contribution < -0.4 is 25.4 Å². The van der Waals surface area contributed by atoms with Gasteiger partial charge in [0.15, 0.2) is 17.5 Å². The first-order valence-electron chi connectivity index (χ1n) is 9.85. The summed E-state index contributed by atoms with van der Waals surface area (Å²) < 4.78 is 23.8. The van der Waals surface area contributed by atoms with Crippen LogP contribution in [0.5, 0.6) is 11.5 Å². The number of guanidine groups is 1. The molecule has 0 unspecified atom stereocenters. The summed E-state index contributed by atoms with van der Waals surface area (Å²) in [5, 5.41) is 8.83. The highest BCUT2D eigenvalue weighted by molar-refractivity contribution is 14.0. The molecule has 170 valence electrons. The molecule has 2 rings (SSSR count). The van der Waals surface area contributed by atoms with Gasteiger partial charge in [-0.2, -0.15) is 0 Å². The topological polar surface area (TPSA) is 84.0 Å². The number of aryl methyl sites for hydroxylation is 1. The van der Waals surface area contributed by atoms with Gasteiger partial charge in [0.05, 0.1) is 20.3 Å². The van der Waals surface area contributed by atoms with Crippen LogP contribution in [0, 0.1) is 5.82 Å². The lowest BCUT2D eigenvalue weighted by atomic mass is 10.1. The van der Waals surface area contributed by atoms with Crippen molar-refractivity contribution in [2.45, 2.75) is 19.8 Å². The van der Waals surface area contributed by atoms with E-state index >= 15 is 0 Å². The average molecular weight is 544 g/mol. The molecule has 0 saturated heterocycles. The lowest BCUT2D eigenvalue weighted by molar-refractivity contribution is -0.115. The van der Waals surface area contributed by atoms with Crippen molar-refractivity contribution in [3.63, 3.8) is 0 Å². The fourth-order valence-electron chi connectivity index (χ4n) is 2.77. The number of hydrogen-bond acceptors (Lipinski definition) is 4. The van der Waals surface area contributed by atoms with E-state index in [1.807, 2.05) is 25.1 Å². The molecule has 2 aromatic rings. The van der Waals surface area contributed by atoms with Crippen molar-refractivity contribution in [3.8, 4) is 11.5 Å². The van der Waals surface area contributed by atoms with Crippen molar-refractivity contribution < 1.29 is 18.7 Å². The maximum absolute atomic E-state index is 12.9. The molecule has 2 aromatic carbocycles. The van der Waals surface area contributed by atoms with E-state index in [0.29, 0.717) is 24.8 Å². The number of methoxy groups -OCH3 is 1. The number of nitrogens with one attached hydrogen (secondary N) is 3. The summed E-state index contributed by atoms with van der Waals surface area (Å²) in [7, 11) is 3.27. The zero-order chi connectivity index (χ0) is 21.8. The molecule has 0 aliphatic heterocycles. The molecule has 0 aromatic heterocycles. The van der Waals surface area contributed by atoms with E-state index in [-0.39, 0.29) is 42.2 Å². The largest absolute Gasteiger partial charge is 0.493 e. The number of ether oxygens (including phenoxy) is 2. The zero-order valence-electron chi connectivity index (χ0n) is 18.0. The van der Waals surface area contributed by atoms with E-state index in [0.717, 1.165) is 29.9 Å². The van der Waals surface area contributed by atoms with Gasteiger partial charge in [0.2, 0.25) is 5.91 Å². The maximum atomic E-state index is 12.9. The molecule has 0 bridgehead atoms. The number of rotatable bonds is 10. The van der Waals surface area contributed by atoms with Crippen molar-refractivity contribution in [2.24, 2.45) is 4.99 Å². The van der Waals surface area contributed by atoms with E-state index in [1.165, 1.54) is 24.3 Å². The first-order chi connectivity index (χ1) is 14.5. The highest BCUT2D eigenvalue weighted by Crippen LogP contribution is 2.28. The summed E-state index contributed by atoms with van der Waals surface area (Å²) in [5.74, 6) is 1.41. The number of carbonyl (C=O) groups excluding carboxylic acids is 1. The van der Waals surface area contributed by atoms with Gasteiger partial charge in [-0.1, -0.05) is 6.07 Å². The Kier molecular flexibility index (Phi) is 12.3. The first-order valence-corrected chi connectivity index (χ1v) is 9.85. The van der Waals surface area contributed by atoms with Gasteiger partial charge in [-0.25, -0.2) is 4.39 Å². The second-order valence-corrected chi connectivity index (χ2v) is 6.43. The molecule has 0 aliphatic rings. The minimum absolute atomic E-state index is 0. The van der Waals surface area contributed by atoms with Gasteiger partial charge in [0.1, 0.15) is 5.82 Å². The average Bonchev–Trinajstić information content (AvgIpc) is 2.75. The monoisotopic (exact) mass is 544 g/mol. The van der Waals surface area contributed by atoms with Gasteiger partial charge in [-0.05, 0) is 61.7 Å². The van der Waals surface area contributed by atoms with E-state index < -0.39 is 0 Å². The van der Waals surface area contributed by atoms with E-state index in [4.69, 9.17) is 9.47 Å². The van der Waals surface area contributed by atoms with E-state index in [1.54, 1.807) is 14.2 Å². The molecule has 3 N–H and O–H groups in total. The molecule has 0 radical (unpaired) electrons. The molecule has 0 aliphatic carbocycles. The molecule has 1 amide bonds. The third-order valence-electron chi connectivity index (χ3n) is 4.23. The van der Waals surface area contributed by atoms with Gasteiger partial charge < -0.3 is 25.4 Å². The van der Waals surface area contributed by atoms with Crippen LogP contribution in [0.1, 0.15) is 18.9 Å². The molecule has 0 fully saturated rings. The van der Waals surface area contributed by atoms with Crippen LogP contribution >= 0.6 is 24.0 Å². The molecule has 9 heteroatoms. The standard InChI is InChI=1S/C22H29FN4O3.HI/c1-4-30-20-14-16(7-12-19(20)29-3)6-5-13-25-22(24-2)26-15-21(28)27-18-10-8-17(23)9-11-18;/h7-12,14H,4-6,13,15H2,1-3H3,(H,27,28)(H2,24,25,26);1H. The number of anilines is 1. The van der Waals surface area contributed by atoms with Crippen molar-refractivity contribution in [3.05, 3.63) is 53.8 Å². The van der Waals surface area contributed by atoms with Gasteiger partial charge in [0, 0.05) is 19.3 Å². The third-order valence-corrected chi connectivity index (χ3v) is 4.23. The SMILES string of the molecule is CCOc1cc(CCCNC(=NC)NCC(=O)Nc2ccc(F)cc2)ccc1OC.I. The lowest BCUT2D eigenvalue weighted by Crippen LogP contribution is -2.41. The lowest BCUT2D eigenvalue weighted by Gasteiger charge is -2.13. The van der Waals surface area contributed by atoms with Crippen LogP contribution in [0.4, 0.5) is 10.1 Å². The molecule has 0 spiro atoms. The van der Waals surface area contributed by atoms with Crippen LogP contribution in [0.3, 0.4) is 0 Å². The minimum atomic E-state index is -0.348. The van der Waals surface area contributed by atoms with E-state index in [2.05, 4.69) is 20.9 Å². The molecule has 0 atom stereocenters. The Morgan fingerprint density at radius 2 is 1.84 bits per heavy atom. The van der Waals surface area contributed by atoms with E-state index in [9.17, 15) is 9.18 Å². The molecular weight excluding hydrogens is 514 g/mol. The van der Waals surface area contributed by atoms with Crippen LogP contribution in [0.15, 0.2) is 47.5 Å². The maximum Gasteiger partial charge on any atom is 0.243 e. The van der Waals surface area contributed by atoms with Crippen molar-refractivity contribution in [1.29, 1.82) is 0 Å². The fourth-order valence-corrected chi connectivity index (χ4v) is 2.77. The molecule has 0 heterocycles. The molecule has 7 nitrogen and oxygen atoms in total. The number of carbonyl (C=O) groups is 1. The zero-order valence-corrected chi connectivity index (χ0v) is 20.4. The number of aliphatic imine (C=N–C) groups is 1. The smallest absolute Gasteiger partial charge is 0.243 e. The molecule has 31 heavy (non-hydrogen) atoms. The molecule has 0 saturated carbocycles. The first kappa shape index (κ1) is 26.5. The van der Waals surface area contributed by atoms with Crippen molar-refractivity contribution >= 4 is 41.5 Å². The Balaban J connectivity index is 0.00000480. The number of nitrogens with zero attached hydrogens (tertiary/aromatic N) is 1. The number of benzene rings is 2. The summed E-state index contributed by atoms with van der Waals surface area (Å²) in [6.07, 6.45) is 1.74. The predicted molar refractivity (Wildman–Crippen MR) is 132 cm³/mol. The van der Waals surface area contributed by atoms with Gasteiger partial charge >= 0.3 is 0 Å². The summed E-state index contributed by atoms with van der Waals surface area (Å²) in [4.78, 5) is 16.1. The Labute approximate surface area is 199 Å². The second kappa shape index (κ2) is 14.4. The Morgan fingerprint density at radius 1 is 1.10 bits per heavy atom. The van der Waals surface area contributed by atoms with Gasteiger partial charge in [-0.15, -0.1) is 24.0 Å². The van der Waals surface area contributed by atoms with Gasteiger partial charge in [0.25, 0.3) is 0 Å². The number of halogens is 2.